The third kappa shape index (κ3) is 4.83. The van der Waals surface area contributed by atoms with E-state index in [1.165, 1.54) is 11.1 Å². The Hall–Kier alpha value is -3.00. The van der Waals surface area contributed by atoms with Crippen molar-refractivity contribution in [1.82, 2.24) is 0 Å². The van der Waals surface area contributed by atoms with Gasteiger partial charge in [-0.25, -0.2) is 0 Å². The molecular formula is C26H26O2. The fourth-order valence-electron chi connectivity index (χ4n) is 3.21. The third-order valence-electron chi connectivity index (χ3n) is 5.31. The molecule has 0 heterocycles. The van der Waals surface area contributed by atoms with Gasteiger partial charge in [0.1, 0.15) is 0 Å². The summed E-state index contributed by atoms with van der Waals surface area (Å²) in [5.41, 5.74) is 4.43. The molecule has 0 amide bonds. The van der Waals surface area contributed by atoms with Gasteiger partial charge in [0.25, 0.3) is 0 Å². The first-order valence-electron chi connectivity index (χ1n) is 9.90. The Labute approximate surface area is 167 Å². The molecule has 0 aliphatic rings. The number of carbonyl (C=O) groups is 2. The lowest BCUT2D eigenvalue weighted by atomic mass is 9.95. The lowest BCUT2D eigenvalue weighted by molar-refractivity contribution is 0.0980. The molecule has 0 aliphatic heterocycles. The maximum atomic E-state index is 12.5. The summed E-state index contributed by atoms with van der Waals surface area (Å²) >= 11 is 0. The second kappa shape index (κ2) is 9.27. The Morgan fingerprint density at radius 3 is 1.93 bits per heavy atom. The average Bonchev–Trinajstić information content (AvgIpc) is 2.77. The smallest absolute Gasteiger partial charge is 0.193 e. The van der Waals surface area contributed by atoms with E-state index < -0.39 is 0 Å². The minimum absolute atomic E-state index is 0.0269. The van der Waals surface area contributed by atoms with E-state index in [1.54, 1.807) is 36.4 Å². The van der Waals surface area contributed by atoms with Crippen LogP contribution in [0.5, 0.6) is 0 Å². The zero-order valence-corrected chi connectivity index (χ0v) is 16.5. The summed E-state index contributed by atoms with van der Waals surface area (Å²) in [6.45, 7) is 4.42. The molecule has 0 fully saturated rings. The highest BCUT2D eigenvalue weighted by atomic mass is 16.1. The van der Waals surface area contributed by atoms with Crippen molar-refractivity contribution >= 4 is 11.6 Å². The molecule has 0 saturated heterocycles. The minimum Gasteiger partial charge on any atom is -0.294 e. The van der Waals surface area contributed by atoms with Crippen LogP contribution in [0.3, 0.4) is 0 Å². The van der Waals surface area contributed by atoms with E-state index in [9.17, 15) is 9.59 Å². The van der Waals surface area contributed by atoms with Gasteiger partial charge in [0.2, 0.25) is 0 Å². The molecule has 1 atom stereocenters. The van der Waals surface area contributed by atoms with E-state index in [0.29, 0.717) is 29.0 Å². The number of ketones is 2. The summed E-state index contributed by atoms with van der Waals surface area (Å²) in [6, 6.07) is 24.7. The van der Waals surface area contributed by atoms with Gasteiger partial charge in [0, 0.05) is 23.1 Å². The van der Waals surface area contributed by atoms with Crippen molar-refractivity contribution in [3.05, 3.63) is 107 Å². The Morgan fingerprint density at radius 1 is 0.750 bits per heavy atom. The molecule has 0 aromatic heterocycles. The van der Waals surface area contributed by atoms with Gasteiger partial charge in [0.15, 0.2) is 11.6 Å². The van der Waals surface area contributed by atoms with Crippen molar-refractivity contribution in [2.75, 3.05) is 0 Å². The van der Waals surface area contributed by atoms with Crippen LogP contribution in [0.4, 0.5) is 0 Å². The van der Waals surface area contributed by atoms with E-state index in [4.69, 9.17) is 0 Å². The normalized spacial score (nSPS) is 11.8. The molecule has 3 aromatic carbocycles. The standard InChI is InChI=1S/C26H26O2/c1-3-19(2)21-12-9-20(10-13-21)11-18-25(27)22-14-16-24(17-15-22)26(28)23-7-5-4-6-8-23/h4-10,12-17,19H,3,11,18H2,1-2H3. The van der Waals surface area contributed by atoms with Crippen LogP contribution in [-0.2, 0) is 6.42 Å². The van der Waals surface area contributed by atoms with Crippen LogP contribution in [0.15, 0.2) is 78.9 Å². The molecule has 3 rings (SSSR count). The molecule has 142 valence electrons. The maximum absolute atomic E-state index is 12.5. The van der Waals surface area contributed by atoms with Crippen LogP contribution in [-0.4, -0.2) is 11.6 Å². The van der Waals surface area contributed by atoms with Crippen LogP contribution in [0.2, 0.25) is 0 Å². The Kier molecular flexibility index (Phi) is 6.54. The zero-order valence-electron chi connectivity index (χ0n) is 16.5. The van der Waals surface area contributed by atoms with Crippen molar-refractivity contribution in [2.45, 2.75) is 39.0 Å². The van der Waals surface area contributed by atoms with Crippen LogP contribution in [0.1, 0.15) is 70.0 Å². The van der Waals surface area contributed by atoms with Gasteiger partial charge in [-0.15, -0.1) is 0 Å². The van der Waals surface area contributed by atoms with Gasteiger partial charge in [-0.05, 0) is 29.9 Å². The molecule has 28 heavy (non-hydrogen) atoms. The number of aryl methyl sites for hydroxylation is 1. The summed E-state index contributed by atoms with van der Waals surface area (Å²) in [4.78, 5) is 25.0. The molecule has 3 aromatic rings. The predicted molar refractivity (Wildman–Crippen MR) is 114 cm³/mol. The fraction of sp³-hybridized carbons (Fsp3) is 0.231. The highest BCUT2D eigenvalue weighted by Gasteiger charge is 2.11. The topological polar surface area (TPSA) is 34.1 Å². The number of rotatable bonds is 8. The van der Waals surface area contributed by atoms with E-state index in [-0.39, 0.29) is 11.6 Å². The number of hydrogen-bond acceptors (Lipinski definition) is 2. The van der Waals surface area contributed by atoms with Crippen molar-refractivity contribution in [3.8, 4) is 0 Å². The second-order valence-corrected chi connectivity index (χ2v) is 7.25. The van der Waals surface area contributed by atoms with Crippen LogP contribution < -0.4 is 0 Å². The minimum atomic E-state index is -0.0269. The highest BCUT2D eigenvalue weighted by molar-refractivity contribution is 6.09. The fourth-order valence-corrected chi connectivity index (χ4v) is 3.21. The number of benzene rings is 3. The largest absolute Gasteiger partial charge is 0.294 e. The summed E-state index contributed by atoms with van der Waals surface area (Å²) in [7, 11) is 0. The number of carbonyl (C=O) groups excluding carboxylic acids is 2. The molecule has 0 radical (unpaired) electrons. The van der Waals surface area contributed by atoms with Gasteiger partial charge in [-0.1, -0.05) is 92.7 Å². The third-order valence-corrected chi connectivity index (χ3v) is 5.31. The van der Waals surface area contributed by atoms with Crippen molar-refractivity contribution in [3.63, 3.8) is 0 Å². The van der Waals surface area contributed by atoms with E-state index >= 15 is 0 Å². The molecule has 2 heteroatoms. The monoisotopic (exact) mass is 370 g/mol. The lowest BCUT2D eigenvalue weighted by Gasteiger charge is -2.09. The summed E-state index contributed by atoms with van der Waals surface area (Å²) < 4.78 is 0. The summed E-state index contributed by atoms with van der Waals surface area (Å²) in [5, 5.41) is 0. The molecule has 1 unspecified atom stereocenters. The molecular weight excluding hydrogens is 344 g/mol. The van der Waals surface area contributed by atoms with Crippen LogP contribution in [0, 0.1) is 0 Å². The van der Waals surface area contributed by atoms with E-state index in [2.05, 4.69) is 38.1 Å². The second-order valence-electron chi connectivity index (χ2n) is 7.25. The molecule has 2 nitrogen and oxygen atoms in total. The predicted octanol–water partition coefficient (Wildman–Crippen LogP) is 6.25. The van der Waals surface area contributed by atoms with E-state index in [0.717, 1.165) is 12.8 Å². The first-order valence-corrected chi connectivity index (χ1v) is 9.90. The lowest BCUT2D eigenvalue weighted by Crippen LogP contribution is -2.04. The van der Waals surface area contributed by atoms with E-state index in [1.807, 2.05) is 18.2 Å². The molecule has 0 aliphatic carbocycles. The Morgan fingerprint density at radius 2 is 1.32 bits per heavy atom. The van der Waals surface area contributed by atoms with Crippen molar-refractivity contribution in [2.24, 2.45) is 0 Å². The summed E-state index contributed by atoms with van der Waals surface area (Å²) in [5.74, 6) is 0.638. The SMILES string of the molecule is CCC(C)c1ccc(CCC(=O)c2ccc(C(=O)c3ccccc3)cc2)cc1. The highest BCUT2D eigenvalue weighted by Crippen LogP contribution is 2.20. The van der Waals surface area contributed by atoms with Crippen molar-refractivity contribution in [1.29, 1.82) is 0 Å². The Bertz CT molecular complexity index is 922. The maximum Gasteiger partial charge on any atom is 0.193 e. The first-order chi connectivity index (χ1) is 13.6. The quantitative estimate of drug-likeness (QED) is 0.439. The van der Waals surface area contributed by atoms with Crippen LogP contribution in [0.25, 0.3) is 0 Å². The van der Waals surface area contributed by atoms with Gasteiger partial charge in [0.05, 0.1) is 0 Å². The van der Waals surface area contributed by atoms with Crippen LogP contribution >= 0.6 is 0 Å². The van der Waals surface area contributed by atoms with Gasteiger partial charge in [-0.3, -0.25) is 9.59 Å². The number of Topliss-reactive ketones (excluding diaryl/α,β-unsaturated/α-hetero) is 1. The Balaban J connectivity index is 1.60. The van der Waals surface area contributed by atoms with Gasteiger partial charge >= 0.3 is 0 Å². The molecule has 0 bridgehead atoms. The molecule has 0 spiro atoms. The number of hydrogen-bond donors (Lipinski definition) is 0. The van der Waals surface area contributed by atoms with Crippen molar-refractivity contribution < 1.29 is 9.59 Å². The first kappa shape index (κ1) is 19.8. The average molecular weight is 370 g/mol. The molecule has 0 N–H and O–H groups in total. The zero-order chi connectivity index (χ0) is 19.9. The summed E-state index contributed by atoms with van der Waals surface area (Å²) in [6.07, 6.45) is 2.32. The van der Waals surface area contributed by atoms with Gasteiger partial charge in [-0.2, -0.15) is 0 Å². The van der Waals surface area contributed by atoms with Gasteiger partial charge < -0.3 is 0 Å². The molecule has 0 saturated carbocycles.